The number of hydrogen-bond donors (Lipinski definition) is 2. The van der Waals surface area contributed by atoms with Gasteiger partial charge in [0.05, 0.1) is 23.7 Å². The van der Waals surface area contributed by atoms with Gasteiger partial charge in [-0.15, -0.1) is 0 Å². The third-order valence-electron chi connectivity index (χ3n) is 3.59. The van der Waals surface area contributed by atoms with E-state index in [0.717, 1.165) is 22.2 Å². The smallest absolute Gasteiger partial charge is 0.237 e. The van der Waals surface area contributed by atoms with E-state index in [-0.39, 0.29) is 17.9 Å². The van der Waals surface area contributed by atoms with Crippen LogP contribution in [0, 0.1) is 5.92 Å². The van der Waals surface area contributed by atoms with E-state index in [1.165, 1.54) is 0 Å². The Morgan fingerprint density at radius 1 is 1.45 bits per heavy atom. The summed E-state index contributed by atoms with van der Waals surface area (Å²) in [5.74, 6) is 0.826. The van der Waals surface area contributed by atoms with Crippen molar-refractivity contribution in [3.8, 4) is 5.75 Å². The molecule has 3 atom stereocenters. The van der Waals surface area contributed by atoms with Crippen LogP contribution in [0.25, 0.3) is 0 Å². The molecule has 1 rings (SSSR count). The minimum atomic E-state index is -0.468. The second-order valence-corrected chi connectivity index (χ2v) is 5.89. The van der Waals surface area contributed by atoms with Crippen molar-refractivity contribution in [1.29, 1.82) is 0 Å². The van der Waals surface area contributed by atoms with Crippen molar-refractivity contribution in [3.63, 3.8) is 0 Å². The second-order valence-electron chi connectivity index (χ2n) is 5.04. The molecule has 112 valence electrons. The maximum Gasteiger partial charge on any atom is 0.237 e. The molecule has 1 aromatic carbocycles. The van der Waals surface area contributed by atoms with Crippen molar-refractivity contribution in [2.75, 3.05) is 7.11 Å². The van der Waals surface area contributed by atoms with Crippen molar-refractivity contribution >= 4 is 21.8 Å². The average Bonchev–Trinajstić information content (AvgIpc) is 2.45. The fourth-order valence-corrected chi connectivity index (χ4v) is 2.42. The van der Waals surface area contributed by atoms with E-state index in [9.17, 15) is 4.79 Å². The Morgan fingerprint density at radius 3 is 2.60 bits per heavy atom. The van der Waals surface area contributed by atoms with Gasteiger partial charge in [-0.25, -0.2) is 0 Å². The molecular weight excluding hydrogens is 320 g/mol. The van der Waals surface area contributed by atoms with Gasteiger partial charge in [-0.2, -0.15) is 0 Å². The number of methoxy groups -OCH3 is 1. The van der Waals surface area contributed by atoms with E-state index in [1.54, 1.807) is 7.11 Å². The minimum Gasteiger partial charge on any atom is -0.496 e. The molecule has 4 nitrogen and oxygen atoms in total. The molecule has 0 fully saturated rings. The molecule has 0 aromatic heterocycles. The SMILES string of the molecule is CC[C@H](C)[C@H](N)C(=O)NC(C)c1ccc(OC)c(Br)c1. The van der Waals surface area contributed by atoms with E-state index in [1.807, 2.05) is 39.0 Å². The number of hydrogen-bond acceptors (Lipinski definition) is 3. The zero-order valence-electron chi connectivity index (χ0n) is 12.4. The lowest BCUT2D eigenvalue weighted by Crippen LogP contribution is -2.45. The zero-order chi connectivity index (χ0) is 15.3. The molecule has 1 aromatic rings. The fraction of sp³-hybridized carbons (Fsp3) is 0.533. The molecule has 0 aliphatic carbocycles. The first-order valence-electron chi connectivity index (χ1n) is 6.80. The molecule has 0 bridgehead atoms. The van der Waals surface area contributed by atoms with Crippen LogP contribution in [-0.4, -0.2) is 19.1 Å². The predicted octanol–water partition coefficient (Wildman–Crippen LogP) is 3.01. The maximum atomic E-state index is 12.1. The van der Waals surface area contributed by atoms with Crippen LogP contribution in [0.4, 0.5) is 0 Å². The summed E-state index contributed by atoms with van der Waals surface area (Å²) in [6, 6.07) is 5.18. The number of rotatable bonds is 6. The number of benzene rings is 1. The first kappa shape index (κ1) is 17.0. The standard InChI is InChI=1S/C15H23BrN2O2/c1-5-9(2)14(17)15(19)18-10(3)11-6-7-13(20-4)12(16)8-11/h6-10,14H,5,17H2,1-4H3,(H,18,19)/t9-,10?,14-/m0/s1. The Bertz CT molecular complexity index is 465. The van der Waals surface area contributed by atoms with E-state index >= 15 is 0 Å². The number of ether oxygens (including phenoxy) is 1. The van der Waals surface area contributed by atoms with Crippen molar-refractivity contribution in [1.82, 2.24) is 5.32 Å². The van der Waals surface area contributed by atoms with Crippen LogP contribution in [-0.2, 0) is 4.79 Å². The second kappa shape index (κ2) is 7.64. The van der Waals surface area contributed by atoms with E-state index in [0.29, 0.717) is 0 Å². The molecule has 1 unspecified atom stereocenters. The molecule has 20 heavy (non-hydrogen) atoms. The van der Waals surface area contributed by atoms with Crippen LogP contribution in [0.5, 0.6) is 5.75 Å². The van der Waals surface area contributed by atoms with Crippen LogP contribution >= 0.6 is 15.9 Å². The Labute approximate surface area is 129 Å². The van der Waals surface area contributed by atoms with Crippen molar-refractivity contribution < 1.29 is 9.53 Å². The topological polar surface area (TPSA) is 64.4 Å². The van der Waals surface area contributed by atoms with Gasteiger partial charge < -0.3 is 15.8 Å². The monoisotopic (exact) mass is 342 g/mol. The van der Waals surface area contributed by atoms with E-state index in [4.69, 9.17) is 10.5 Å². The molecule has 0 saturated carbocycles. The van der Waals surface area contributed by atoms with Gasteiger partial charge >= 0.3 is 0 Å². The van der Waals surface area contributed by atoms with Crippen molar-refractivity contribution in [2.24, 2.45) is 11.7 Å². The first-order chi connectivity index (χ1) is 9.40. The van der Waals surface area contributed by atoms with Gasteiger partial charge in [-0.05, 0) is 46.5 Å². The summed E-state index contributed by atoms with van der Waals surface area (Å²) in [4.78, 5) is 12.1. The molecule has 5 heteroatoms. The fourth-order valence-electron chi connectivity index (χ4n) is 1.86. The van der Waals surface area contributed by atoms with Gasteiger partial charge in [-0.3, -0.25) is 4.79 Å². The first-order valence-corrected chi connectivity index (χ1v) is 7.59. The molecule has 0 saturated heterocycles. The maximum absolute atomic E-state index is 12.1. The van der Waals surface area contributed by atoms with Crippen LogP contribution in [0.2, 0.25) is 0 Å². The molecule has 0 heterocycles. The summed E-state index contributed by atoms with van der Waals surface area (Å²) in [6.07, 6.45) is 0.886. The summed E-state index contributed by atoms with van der Waals surface area (Å²) in [6.45, 7) is 5.95. The van der Waals surface area contributed by atoms with Crippen molar-refractivity contribution in [2.45, 2.75) is 39.3 Å². The highest BCUT2D eigenvalue weighted by molar-refractivity contribution is 9.10. The number of carbonyl (C=O) groups is 1. The van der Waals surface area contributed by atoms with Gasteiger partial charge in [0.1, 0.15) is 5.75 Å². The average molecular weight is 343 g/mol. The molecule has 0 radical (unpaired) electrons. The van der Waals surface area contributed by atoms with Crippen LogP contribution in [0.15, 0.2) is 22.7 Å². The lowest BCUT2D eigenvalue weighted by Gasteiger charge is -2.21. The third kappa shape index (κ3) is 4.21. The summed E-state index contributed by atoms with van der Waals surface area (Å²) in [5, 5.41) is 2.95. The minimum absolute atomic E-state index is 0.0974. The summed E-state index contributed by atoms with van der Waals surface area (Å²) in [7, 11) is 1.62. The molecule has 0 spiro atoms. The Morgan fingerprint density at radius 2 is 2.10 bits per heavy atom. The van der Waals surface area contributed by atoms with Crippen molar-refractivity contribution in [3.05, 3.63) is 28.2 Å². The van der Waals surface area contributed by atoms with E-state index < -0.39 is 6.04 Å². The summed E-state index contributed by atoms with van der Waals surface area (Å²) in [5.41, 5.74) is 6.93. The Hall–Kier alpha value is -1.07. The number of amides is 1. The number of nitrogens with one attached hydrogen (secondary N) is 1. The number of halogens is 1. The van der Waals surface area contributed by atoms with Gasteiger partial charge in [0.25, 0.3) is 0 Å². The summed E-state index contributed by atoms with van der Waals surface area (Å²) >= 11 is 3.44. The van der Waals surface area contributed by atoms with Gasteiger partial charge in [-0.1, -0.05) is 26.3 Å². The molecular formula is C15H23BrN2O2. The highest BCUT2D eigenvalue weighted by atomic mass is 79.9. The van der Waals surface area contributed by atoms with Crippen LogP contribution in [0.1, 0.15) is 38.8 Å². The number of carbonyl (C=O) groups excluding carboxylic acids is 1. The molecule has 1 amide bonds. The lowest BCUT2D eigenvalue weighted by molar-refractivity contribution is -0.124. The summed E-state index contributed by atoms with van der Waals surface area (Å²) < 4.78 is 6.06. The van der Waals surface area contributed by atoms with Gasteiger partial charge in [0.2, 0.25) is 5.91 Å². The molecule has 0 aliphatic rings. The zero-order valence-corrected chi connectivity index (χ0v) is 14.0. The predicted molar refractivity (Wildman–Crippen MR) is 84.7 cm³/mol. The number of nitrogens with two attached hydrogens (primary N) is 1. The van der Waals surface area contributed by atoms with Crippen LogP contribution in [0.3, 0.4) is 0 Å². The highest BCUT2D eigenvalue weighted by Gasteiger charge is 2.21. The van der Waals surface area contributed by atoms with Crippen LogP contribution < -0.4 is 15.8 Å². The quantitative estimate of drug-likeness (QED) is 0.835. The third-order valence-corrected chi connectivity index (χ3v) is 4.21. The lowest BCUT2D eigenvalue weighted by atomic mass is 9.98. The Kier molecular flexibility index (Phi) is 6.49. The normalized spacial score (nSPS) is 15.3. The molecule has 3 N–H and O–H groups in total. The van der Waals surface area contributed by atoms with E-state index in [2.05, 4.69) is 21.2 Å². The molecule has 0 aliphatic heterocycles. The highest BCUT2D eigenvalue weighted by Crippen LogP contribution is 2.28. The Balaban J connectivity index is 2.73. The van der Waals surface area contributed by atoms with Gasteiger partial charge in [0, 0.05) is 0 Å². The van der Waals surface area contributed by atoms with Gasteiger partial charge in [0.15, 0.2) is 0 Å². The largest absolute Gasteiger partial charge is 0.496 e.